The van der Waals surface area contributed by atoms with Gasteiger partial charge in [-0.25, -0.2) is 0 Å². The lowest BCUT2D eigenvalue weighted by atomic mass is 10.1. The average Bonchev–Trinajstić information content (AvgIpc) is 2.24. The maximum atomic E-state index is 11.6. The van der Waals surface area contributed by atoms with Gasteiger partial charge < -0.3 is 5.11 Å². The van der Waals surface area contributed by atoms with E-state index < -0.39 is 33.5 Å². The third-order valence-corrected chi connectivity index (χ3v) is 3.19. The first-order chi connectivity index (χ1) is 7.82. The van der Waals surface area contributed by atoms with Crippen LogP contribution in [0.2, 0.25) is 0 Å². The minimum atomic E-state index is -4.79. The summed E-state index contributed by atoms with van der Waals surface area (Å²) in [4.78, 5) is 22.2. The molecule has 0 saturated heterocycles. The highest BCUT2D eigenvalue weighted by atomic mass is 32.2. The number of carbonyl (C=O) groups excluding carboxylic acids is 1. The lowest BCUT2D eigenvalue weighted by Gasteiger charge is -2.07. The molecule has 0 aliphatic carbocycles. The van der Waals surface area contributed by atoms with Gasteiger partial charge in [-0.1, -0.05) is 30.3 Å². The molecule has 17 heavy (non-hydrogen) atoms. The predicted molar refractivity (Wildman–Crippen MR) is 58.4 cm³/mol. The Kier molecular flexibility index (Phi) is 3.97. The zero-order valence-corrected chi connectivity index (χ0v) is 9.42. The van der Waals surface area contributed by atoms with Crippen LogP contribution in [0.3, 0.4) is 0 Å². The van der Waals surface area contributed by atoms with Gasteiger partial charge in [0.05, 0.1) is 0 Å². The zero-order valence-electron chi connectivity index (χ0n) is 8.61. The number of carboxylic acids is 1. The average molecular weight is 258 g/mol. The summed E-state index contributed by atoms with van der Waals surface area (Å²) in [6.07, 6.45) is -0.793. The van der Waals surface area contributed by atoms with Gasteiger partial charge in [0.25, 0.3) is 10.1 Å². The van der Waals surface area contributed by atoms with E-state index in [9.17, 15) is 18.0 Å². The highest BCUT2D eigenvalue weighted by molar-refractivity contribution is 7.87. The van der Waals surface area contributed by atoms with E-state index in [1.54, 1.807) is 18.2 Å². The Morgan fingerprint density at radius 1 is 1.18 bits per heavy atom. The summed E-state index contributed by atoms with van der Waals surface area (Å²) in [5.74, 6) is -2.41. The topological polar surface area (TPSA) is 109 Å². The summed E-state index contributed by atoms with van der Waals surface area (Å²) in [6.45, 7) is 0. The smallest absolute Gasteiger partial charge is 0.324 e. The van der Waals surface area contributed by atoms with Crippen LogP contribution < -0.4 is 0 Å². The van der Waals surface area contributed by atoms with Crippen molar-refractivity contribution in [1.29, 1.82) is 0 Å². The number of ketones is 1. The molecule has 1 rings (SSSR count). The highest BCUT2D eigenvalue weighted by Crippen LogP contribution is 2.11. The minimum Gasteiger partial charge on any atom is -0.480 e. The van der Waals surface area contributed by atoms with Crippen molar-refractivity contribution >= 4 is 21.9 Å². The Hall–Kier alpha value is -1.73. The van der Waals surface area contributed by atoms with Crippen molar-refractivity contribution in [2.75, 3.05) is 0 Å². The van der Waals surface area contributed by atoms with Crippen LogP contribution in [0.4, 0.5) is 0 Å². The normalized spacial score (nSPS) is 13.0. The summed E-state index contributed by atoms with van der Waals surface area (Å²) in [6, 6.07) is 7.66. The summed E-state index contributed by atoms with van der Waals surface area (Å²) in [7, 11) is -4.79. The van der Waals surface area contributed by atoms with E-state index in [2.05, 4.69) is 0 Å². The van der Waals surface area contributed by atoms with Crippen LogP contribution in [-0.4, -0.2) is 35.1 Å². The molecule has 0 heterocycles. The molecule has 6 nitrogen and oxygen atoms in total. The number of Topliss-reactive ketones (excluding diaryl/α,β-unsaturated/α-hetero) is 1. The number of aliphatic carboxylic acids is 1. The van der Waals surface area contributed by atoms with Gasteiger partial charge in [-0.05, 0) is 0 Å². The van der Waals surface area contributed by atoms with Crippen LogP contribution in [-0.2, 0) is 14.9 Å². The fraction of sp³-hybridized carbons (Fsp3) is 0.200. The highest BCUT2D eigenvalue weighted by Gasteiger charge is 2.33. The van der Waals surface area contributed by atoms with Gasteiger partial charge >= 0.3 is 5.97 Å². The van der Waals surface area contributed by atoms with Crippen molar-refractivity contribution in [2.24, 2.45) is 0 Å². The molecule has 0 aliphatic heterocycles. The Morgan fingerprint density at radius 3 is 2.12 bits per heavy atom. The number of rotatable bonds is 5. The molecule has 1 unspecified atom stereocenters. The minimum absolute atomic E-state index is 0.197. The largest absolute Gasteiger partial charge is 0.480 e. The van der Waals surface area contributed by atoms with Crippen LogP contribution in [0, 0.1) is 0 Å². The molecule has 0 amide bonds. The van der Waals surface area contributed by atoms with E-state index in [-0.39, 0.29) is 5.56 Å². The van der Waals surface area contributed by atoms with E-state index in [4.69, 9.17) is 9.66 Å². The van der Waals surface area contributed by atoms with Crippen molar-refractivity contribution < 1.29 is 27.7 Å². The molecule has 0 aromatic heterocycles. The second-order valence-corrected chi connectivity index (χ2v) is 4.93. The zero-order chi connectivity index (χ0) is 13.1. The fourth-order valence-electron chi connectivity index (χ4n) is 1.23. The number of carbonyl (C=O) groups is 2. The Bertz CT molecular complexity index is 519. The van der Waals surface area contributed by atoms with E-state index in [0.717, 1.165) is 0 Å². The van der Waals surface area contributed by atoms with Gasteiger partial charge in [0.1, 0.15) is 0 Å². The quantitative estimate of drug-likeness (QED) is 0.591. The van der Waals surface area contributed by atoms with Crippen molar-refractivity contribution in [3.8, 4) is 0 Å². The van der Waals surface area contributed by atoms with Crippen molar-refractivity contribution in [2.45, 2.75) is 11.7 Å². The van der Waals surface area contributed by atoms with Crippen molar-refractivity contribution in [1.82, 2.24) is 0 Å². The number of hydrogen-bond donors (Lipinski definition) is 2. The van der Waals surface area contributed by atoms with Crippen LogP contribution in [0.1, 0.15) is 16.8 Å². The Morgan fingerprint density at radius 2 is 1.71 bits per heavy atom. The van der Waals surface area contributed by atoms with Gasteiger partial charge in [-0.15, -0.1) is 0 Å². The lowest BCUT2D eigenvalue weighted by Crippen LogP contribution is -2.32. The molecule has 2 N–H and O–H groups in total. The van der Waals surface area contributed by atoms with Gasteiger partial charge in [0.15, 0.2) is 11.0 Å². The van der Waals surface area contributed by atoms with Gasteiger partial charge in [-0.2, -0.15) is 8.42 Å². The second-order valence-electron chi connectivity index (χ2n) is 3.34. The first kappa shape index (κ1) is 13.3. The molecule has 1 atom stereocenters. The molecular weight excluding hydrogens is 248 g/mol. The van der Waals surface area contributed by atoms with E-state index in [1.807, 2.05) is 0 Å². The summed E-state index contributed by atoms with van der Waals surface area (Å²) >= 11 is 0. The summed E-state index contributed by atoms with van der Waals surface area (Å²) < 4.78 is 30.2. The summed E-state index contributed by atoms with van der Waals surface area (Å²) in [5, 5.41) is 6.48. The molecule has 0 saturated carbocycles. The standard InChI is InChI=1S/C10H10O6S/c11-8(7-4-2-1-3-5-7)6-9(10(12)13)17(14,15)16/h1-5,9H,6H2,(H,12,13)(H,14,15,16). The van der Waals surface area contributed by atoms with Crippen LogP contribution in [0.15, 0.2) is 30.3 Å². The van der Waals surface area contributed by atoms with Crippen LogP contribution >= 0.6 is 0 Å². The van der Waals surface area contributed by atoms with E-state index >= 15 is 0 Å². The molecule has 0 bridgehead atoms. The molecule has 0 radical (unpaired) electrons. The molecule has 0 spiro atoms. The molecule has 0 aliphatic rings. The number of hydrogen-bond acceptors (Lipinski definition) is 4. The Labute approximate surface area is 97.6 Å². The Balaban J connectivity index is 2.91. The molecule has 1 aromatic rings. The van der Waals surface area contributed by atoms with Crippen molar-refractivity contribution in [3.63, 3.8) is 0 Å². The van der Waals surface area contributed by atoms with Crippen LogP contribution in [0.5, 0.6) is 0 Å². The van der Waals surface area contributed by atoms with Crippen molar-refractivity contribution in [3.05, 3.63) is 35.9 Å². The van der Waals surface area contributed by atoms with E-state index in [1.165, 1.54) is 12.1 Å². The predicted octanol–water partition coefficient (Wildman–Crippen LogP) is 0.600. The molecule has 1 aromatic carbocycles. The maximum absolute atomic E-state index is 11.6. The summed E-state index contributed by atoms with van der Waals surface area (Å²) in [5.41, 5.74) is 0.197. The first-order valence-corrected chi connectivity index (χ1v) is 6.10. The number of carboxylic acid groups (broad SMARTS) is 1. The third kappa shape index (κ3) is 3.65. The molecular formula is C10H10O6S. The van der Waals surface area contributed by atoms with Gasteiger partial charge in [0.2, 0.25) is 0 Å². The SMILES string of the molecule is O=C(CC(C(=O)O)S(=O)(=O)O)c1ccccc1. The third-order valence-electron chi connectivity index (χ3n) is 2.10. The molecule has 92 valence electrons. The monoisotopic (exact) mass is 258 g/mol. The maximum Gasteiger partial charge on any atom is 0.324 e. The lowest BCUT2D eigenvalue weighted by molar-refractivity contribution is -0.136. The van der Waals surface area contributed by atoms with Gasteiger partial charge in [-0.3, -0.25) is 14.1 Å². The van der Waals surface area contributed by atoms with E-state index in [0.29, 0.717) is 0 Å². The fourth-order valence-corrected chi connectivity index (χ4v) is 1.85. The van der Waals surface area contributed by atoms with Crippen LogP contribution in [0.25, 0.3) is 0 Å². The molecule has 7 heteroatoms. The second kappa shape index (κ2) is 5.07. The number of benzene rings is 1. The first-order valence-electron chi connectivity index (χ1n) is 4.59. The van der Waals surface area contributed by atoms with Gasteiger partial charge in [0, 0.05) is 12.0 Å². The molecule has 0 fully saturated rings.